The second kappa shape index (κ2) is 5.87. The van der Waals surface area contributed by atoms with Crippen LogP contribution in [0.3, 0.4) is 0 Å². The fraction of sp³-hybridized carbons (Fsp3) is 0.235. The van der Waals surface area contributed by atoms with Crippen molar-refractivity contribution in [3.05, 3.63) is 54.6 Å². The highest BCUT2D eigenvalue weighted by atomic mass is 16.5. The molecule has 1 aliphatic rings. The van der Waals surface area contributed by atoms with Gasteiger partial charge in [-0.1, -0.05) is 37.3 Å². The van der Waals surface area contributed by atoms with Crippen LogP contribution in [0.4, 0.5) is 16.2 Å². The van der Waals surface area contributed by atoms with Crippen LogP contribution in [0.5, 0.6) is 5.75 Å². The zero-order chi connectivity index (χ0) is 14.7. The van der Waals surface area contributed by atoms with Crippen molar-refractivity contribution in [1.29, 1.82) is 0 Å². The van der Waals surface area contributed by atoms with Crippen molar-refractivity contribution in [3.63, 3.8) is 0 Å². The van der Waals surface area contributed by atoms with Crippen molar-refractivity contribution >= 4 is 17.4 Å². The molecule has 3 rings (SSSR count). The number of fused-ring (bicyclic) bond motifs is 1. The zero-order valence-electron chi connectivity index (χ0n) is 12.0. The summed E-state index contributed by atoms with van der Waals surface area (Å²) in [5, 5.41) is 2.93. The first kappa shape index (κ1) is 13.5. The Morgan fingerprint density at radius 3 is 2.67 bits per heavy atom. The lowest BCUT2D eigenvalue weighted by Gasteiger charge is -2.34. The number of amides is 2. The maximum atomic E-state index is 12.6. The van der Waals surface area contributed by atoms with Gasteiger partial charge in [-0.2, -0.15) is 0 Å². The summed E-state index contributed by atoms with van der Waals surface area (Å²) in [4.78, 5) is 14.3. The number of benzene rings is 2. The van der Waals surface area contributed by atoms with Gasteiger partial charge in [-0.3, -0.25) is 4.90 Å². The monoisotopic (exact) mass is 282 g/mol. The molecule has 0 saturated heterocycles. The summed E-state index contributed by atoms with van der Waals surface area (Å²) in [6.45, 7) is 2.62. The molecule has 0 spiro atoms. The van der Waals surface area contributed by atoms with Gasteiger partial charge in [0.25, 0.3) is 0 Å². The number of nitrogens with one attached hydrogen (secondary N) is 1. The summed E-state index contributed by atoms with van der Waals surface area (Å²) in [7, 11) is 0. The smallest absolute Gasteiger partial charge is 0.326 e. The number of urea groups is 1. The van der Waals surface area contributed by atoms with E-state index < -0.39 is 0 Å². The molecular weight excluding hydrogens is 264 g/mol. The molecule has 0 bridgehead atoms. The van der Waals surface area contributed by atoms with Crippen LogP contribution in [0.15, 0.2) is 54.6 Å². The van der Waals surface area contributed by atoms with Crippen LogP contribution < -0.4 is 15.0 Å². The van der Waals surface area contributed by atoms with Gasteiger partial charge in [-0.05, 0) is 30.7 Å². The number of nitrogens with zero attached hydrogens (tertiary/aromatic N) is 1. The van der Waals surface area contributed by atoms with Crippen LogP contribution in [0.1, 0.15) is 13.3 Å². The number of hydrogen-bond acceptors (Lipinski definition) is 2. The molecule has 0 saturated carbocycles. The lowest BCUT2D eigenvalue weighted by atomic mass is 10.1. The number of rotatable bonds is 2. The van der Waals surface area contributed by atoms with E-state index >= 15 is 0 Å². The van der Waals surface area contributed by atoms with Gasteiger partial charge >= 0.3 is 6.03 Å². The third-order valence-corrected chi connectivity index (χ3v) is 3.56. The summed E-state index contributed by atoms with van der Waals surface area (Å²) in [6.07, 6.45) is 0.894. The van der Waals surface area contributed by atoms with E-state index in [0.717, 1.165) is 23.5 Å². The fourth-order valence-electron chi connectivity index (χ4n) is 2.42. The van der Waals surface area contributed by atoms with Crippen molar-refractivity contribution in [2.24, 2.45) is 0 Å². The SMILES string of the molecule is CCC1CN(C(=O)Nc2ccccc2)c2ccccc2O1. The molecule has 1 heterocycles. The number of carbonyl (C=O) groups excluding carboxylic acids is 1. The quantitative estimate of drug-likeness (QED) is 0.907. The highest BCUT2D eigenvalue weighted by molar-refractivity contribution is 6.03. The summed E-state index contributed by atoms with van der Waals surface area (Å²) >= 11 is 0. The summed E-state index contributed by atoms with van der Waals surface area (Å²) in [5.41, 5.74) is 1.61. The molecule has 2 amide bonds. The van der Waals surface area contributed by atoms with Gasteiger partial charge in [0, 0.05) is 5.69 Å². The maximum Gasteiger partial charge on any atom is 0.326 e. The standard InChI is InChI=1S/C17H18N2O2/c1-2-14-12-19(15-10-6-7-11-16(15)21-14)17(20)18-13-8-4-3-5-9-13/h3-11,14H,2,12H2,1H3,(H,18,20). The molecule has 0 aliphatic carbocycles. The average molecular weight is 282 g/mol. The van der Waals surface area contributed by atoms with Gasteiger partial charge in [0.15, 0.2) is 0 Å². The van der Waals surface area contributed by atoms with E-state index in [1.54, 1.807) is 4.90 Å². The van der Waals surface area contributed by atoms with E-state index in [2.05, 4.69) is 12.2 Å². The summed E-state index contributed by atoms with van der Waals surface area (Å²) in [6, 6.07) is 17.0. The number of carbonyl (C=O) groups is 1. The van der Waals surface area contributed by atoms with Gasteiger partial charge in [0.2, 0.25) is 0 Å². The van der Waals surface area contributed by atoms with E-state index in [1.165, 1.54) is 0 Å². The average Bonchev–Trinajstić information content (AvgIpc) is 2.54. The molecule has 0 radical (unpaired) electrons. The van der Waals surface area contributed by atoms with Crippen LogP contribution in [0.2, 0.25) is 0 Å². The normalized spacial score (nSPS) is 16.8. The van der Waals surface area contributed by atoms with Crippen molar-refractivity contribution in [1.82, 2.24) is 0 Å². The molecular formula is C17H18N2O2. The van der Waals surface area contributed by atoms with Crippen LogP contribution in [-0.2, 0) is 0 Å². The van der Waals surface area contributed by atoms with E-state index in [4.69, 9.17) is 4.74 Å². The van der Waals surface area contributed by atoms with E-state index in [-0.39, 0.29) is 12.1 Å². The van der Waals surface area contributed by atoms with Crippen LogP contribution in [-0.4, -0.2) is 18.7 Å². The van der Waals surface area contributed by atoms with Gasteiger partial charge in [-0.15, -0.1) is 0 Å². The topological polar surface area (TPSA) is 41.6 Å². The first-order chi connectivity index (χ1) is 10.3. The van der Waals surface area contributed by atoms with Crippen LogP contribution >= 0.6 is 0 Å². The first-order valence-corrected chi connectivity index (χ1v) is 7.17. The molecule has 4 nitrogen and oxygen atoms in total. The Kier molecular flexibility index (Phi) is 3.77. The molecule has 21 heavy (non-hydrogen) atoms. The molecule has 1 N–H and O–H groups in total. The molecule has 108 valence electrons. The Hall–Kier alpha value is -2.49. The number of ether oxygens (including phenoxy) is 1. The predicted octanol–water partition coefficient (Wildman–Crippen LogP) is 3.90. The molecule has 0 fully saturated rings. The highest BCUT2D eigenvalue weighted by Crippen LogP contribution is 2.34. The lowest BCUT2D eigenvalue weighted by Crippen LogP contribution is -2.45. The Morgan fingerprint density at radius 1 is 1.19 bits per heavy atom. The molecule has 2 aromatic carbocycles. The van der Waals surface area contributed by atoms with E-state index in [9.17, 15) is 4.79 Å². The van der Waals surface area contributed by atoms with Gasteiger partial charge < -0.3 is 10.1 Å². The minimum Gasteiger partial charge on any atom is -0.486 e. The first-order valence-electron chi connectivity index (χ1n) is 7.17. The Labute approximate surface area is 124 Å². The zero-order valence-corrected chi connectivity index (χ0v) is 12.0. The second-order valence-electron chi connectivity index (χ2n) is 5.02. The molecule has 2 aromatic rings. The lowest BCUT2D eigenvalue weighted by molar-refractivity contribution is 0.188. The largest absolute Gasteiger partial charge is 0.486 e. The number of para-hydroxylation sites is 3. The van der Waals surface area contributed by atoms with Crippen LogP contribution in [0.25, 0.3) is 0 Å². The molecule has 1 aliphatic heterocycles. The minimum absolute atomic E-state index is 0.0291. The van der Waals surface area contributed by atoms with Gasteiger partial charge in [0.05, 0.1) is 12.2 Å². The predicted molar refractivity (Wildman–Crippen MR) is 84.0 cm³/mol. The number of hydrogen-bond donors (Lipinski definition) is 1. The maximum absolute atomic E-state index is 12.6. The molecule has 4 heteroatoms. The third kappa shape index (κ3) is 2.84. The number of anilines is 2. The van der Waals surface area contributed by atoms with Crippen molar-refractivity contribution < 1.29 is 9.53 Å². The third-order valence-electron chi connectivity index (χ3n) is 3.56. The fourth-order valence-corrected chi connectivity index (χ4v) is 2.42. The summed E-state index contributed by atoms with van der Waals surface area (Å²) in [5.74, 6) is 0.763. The second-order valence-corrected chi connectivity index (χ2v) is 5.02. The molecule has 1 atom stereocenters. The molecule has 0 aromatic heterocycles. The summed E-state index contributed by atoms with van der Waals surface area (Å²) < 4.78 is 5.89. The Morgan fingerprint density at radius 2 is 1.90 bits per heavy atom. The van der Waals surface area contributed by atoms with Crippen LogP contribution in [0, 0.1) is 0 Å². The van der Waals surface area contributed by atoms with Crippen molar-refractivity contribution in [3.8, 4) is 5.75 Å². The molecule has 1 unspecified atom stereocenters. The van der Waals surface area contributed by atoms with Crippen molar-refractivity contribution in [2.45, 2.75) is 19.4 Å². The van der Waals surface area contributed by atoms with Gasteiger partial charge in [-0.25, -0.2) is 4.79 Å². The van der Waals surface area contributed by atoms with E-state index in [0.29, 0.717) is 6.54 Å². The minimum atomic E-state index is -0.129. The van der Waals surface area contributed by atoms with E-state index in [1.807, 2.05) is 54.6 Å². The Balaban J connectivity index is 1.85. The highest BCUT2D eigenvalue weighted by Gasteiger charge is 2.28. The Bertz CT molecular complexity index is 628. The van der Waals surface area contributed by atoms with Crippen molar-refractivity contribution in [2.75, 3.05) is 16.8 Å². The van der Waals surface area contributed by atoms with Gasteiger partial charge in [0.1, 0.15) is 11.9 Å².